The summed E-state index contributed by atoms with van der Waals surface area (Å²) in [6.07, 6.45) is -2.51. The van der Waals surface area contributed by atoms with Crippen LogP contribution >= 0.6 is 11.6 Å². The number of aliphatic hydroxyl groups is 1. The van der Waals surface area contributed by atoms with Crippen molar-refractivity contribution >= 4 is 17.5 Å². The van der Waals surface area contributed by atoms with Crippen LogP contribution in [0.1, 0.15) is 51.6 Å². The molecular formula is C23H16ClF2N5O3. The molecular weight excluding hydrogens is 468 g/mol. The van der Waals surface area contributed by atoms with E-state index in [-0.39, 0.29) is 18.3 Å². The molecule has 3 heterocycles. The number of nitrogens with zero attached hydrogens (tertiary/aromatic N) is 5. The molecule has 2 atom stereocenters. The van der Waals surface area contributed by atoms with E-state index < -0.39 is 24.5 Å². The first-order chi connectivity index (χ1) is 16.4. The molecule has 34 heavy (non-hydrogen) atoms. The number of aliphatic hydroxyl groups excluding tert-OH is 1. The van der Waals surface area contributed by atoms with Crippen molar-refractivity contribution in [3.8, 4) is 11.5 Å². The number of carbonyl (C=O) groups excluding carboxylic acids is 1. The molecule has 5 rings (SSSR count). The molecule has 0 fully saturated rings. The standard InChI is InChI=1S/C23H16ClF2N5O3/c24-15-7-5-12(6-8-15)19(32)18(17-2-1-9-27-28-17)31-11-14-4-3-13(10-16(14)23(31)33)21-29-30-22(34-21)20(25)26/h1-10,18-20,32H,11H2. The second-order valence-electron chi connectivity index (χ2n) is 7.64. The van der Waals surface area contributed by atoms with Crippen molar-refractivity contribution < 1.29 is 23.1 Å². The third-order valence-corrected chi connectivity index (χ3v) is 5.81. The molecule has 0 bridgehead atoms. The van der Waals surface area contributed by atoms with Gasteiger partial charge < -0.3 is 14.4 Å². The van der Waals surface area contributed by atoms with Gasteiger partial charge in [-0.25, -0.2) is 0 Å². The lowest BCUT2D eigenvalue weighted by molar-refractivity contribution is 0.0344. The van der Waals surface area contributed by atoms with E-state index in [1.54, 1.807) is 48.5 Å². The number of hydrogen-bond acceptors (Lipinski definition) is 7. The minimum atomic E-state index is -2.89. The summed E-state index contributed by atoms with van der Waals surface area (Å²) in [4.78, 5) is 15.0. The molecule has 0 aliphatic carbocycles. The largest absolute Gasteiger partial charge is 0.415 e. The summed E-state index contributed by atoms with van der Waals surface area (Å²) in [6, 6.07) is 14.0. The Morgan fingerprint density at radius 2 is 1.85 bits per heavy atom. The summed E-state index contributed by atoms with van der Waals surface area (Å²) < 4.78 is 30.6. The smallest absolute Gasteiger partial charge is 0.314 e. The molecule has 1 aliphatic heterocycles. The van der Waals surface area contributed by atoms with E-state index in [9.17, 15) is 18.7 Å². The number of halogens is 3. The van der Waals surface area contributed by atoms with Gasteiger partial charge in [0, 0.05) is 28.9 Å². The van der Waals surface area contributed by atoms with E-state index in [0.29, 0.717) is 33.0 Å². The summed E-state index contributed by atoms with van der Waals surface area (Å²) in [5, 5.41) is 26.8. The zero-order valence-electron chi connectivity index (χ0n) is 17.3. The second-order valence-corrected chi connectivity index (χ2v) is 8.08. The summed E-state index contributed by atoms with van der Waals surface area (Å²) in [7, 11) is 0. The lowest BCUT2D eigenvalue weighted by atomic mass is 9.98. The van der Waals surface area contributed by atoms with Gasteiger partial charge >= 0.3 is 6.43 Å². The van der Waals surface area contributed by atoms with Gasteiger partial charge in [-0.15, -0.1) is 10.2 Å². The molecule has 4 aromatic rings. The van der Waals surface area contributed by atoms with Crippen LogP contribution in [-0.2, 0) is 6.54 Å². The molecule has 8 nitrogen and oxygen atoms in total. The third kappa shape index (κ3) is 4.02. The van der Waals surface area contributed by atoms with E-state index in [2.05, 4.69) is 20.4 Å². The van der Waals surface area contributed by atoms with Gasteiger partial charge in [-0.1, -0.05) is 29.8 Å². The normalized spacial score (nSPS) is 15.0. The lowest BCUT2D eigenvalue weighted by Gasteiger charge is -2.31. The van der Waals surface area contributed by atoms with Crippen LogP contribution in [0.3, 0.4) is 0 Å². The van der Waals surface area contributed by atoms with Crippen molar-refractivity contribution in [3.63, 3.8) is 0 Å². The summed E-state index contributed by atoms with van der Waals surface area (Å²) in [5.74, 6) is -1.28. The van der Waals surface area contributed by atoms with Gasteiger partial charge in [-0.3, -0.25) is 4.79 Å². The van der Waals surface area contributed by atoms with Crippen molar-refractivity contribution in [1.29, 1.82) is 0 Å². The first-order valence-corrected chi connectivity index (χ1v) is 10.6. The van der Waals surface area contributed by atoms with E-state index in [4.69, 9.17) is 16.0 Å². The maximum absolute atomic E-state index is 13.5. The fraction of sp³-hybridized carbons (Fsp3) is 0.174. The second kappa shape index (κ2) is 8.88. The van der Waals surface area contributed by atoms with Crippen LogP contribution in [0.25, 0.3) is 11.5 Å². The first kappa shape index (κ1) is 22.1. The van der Waals surface area contributed by atoms with Gasteiger partial charge in [0.2, 0.25) is 5.89 Å². The average molecular weight is 484 g/mol. The van der Waals surface area contributed by atoms with Gasteiger partial charge in [0.15, 0.2) is 0 Å². The van der Waals surface area contributed by atoms with Crippen molar-refractivity contribution in [2.24, 2.45) is 0 Å². The first-order valence-electron chi connectivity index (χ1n) is 10.2. The van der Waals surface area contributed by atoms with Gasteiger partial charge in [-0.05, 0) is 47.5 Å². The SMILES string of the molecule is O=C1c2cc(-c3nnc(C(F)F)o3)ccc2CN1C(c1cccnn1)C(O)c1ccc(Cl)cc1. The molecule has 0 saturated heterocycles. The predicted molar refractivity (Wildman–Crippen MR) is 116 cm³/mol. The molecule has 1 amide bonds. The van der Waals surface area contributed by atoms with Crippen molar-refractivity contribution in [3.05, 3.63) is 94.1 Å². The Balaban J connectivity index is 1.50. The maximum Gasteiger partial charge on any atom is 0.314 e. The molecule has 0 saturated carbocycles. The average Bonchev–Trinajstić information content (AvgIpc) is 3.46. The Kier molecular flexibility index (Phi) is 5.76. The zero-order chi connectivity index (χ0) is 23.8. The highest BCUT2D eigenvalue weighted by molar-refractivity contribution is 6.30. The van der Waals surface area contributed by atoms with Crippen molar-refractivity contribution in [2.45, 2.75) is 25.1 Å². The molecule has 2 unspecified atom stereocenters. The number of alkyl halides is 2. The molecule has 1 N–H and O–H groups in total. The molecule has 0 radical (unpaired) electrons. The van der Waals surface area contributed by atoms with Crippen LogP contribution in [0, 0.1) is 0 Å². The predicted octanol–water partition coefficient (Wildman–Crippen LogP) is 4.55. The molecule has 2 aromatic heterocycles. The Labute approximate surface area is 196 Å². The number of amides is 1. The highest BCUT2D eigenvalue weighted by Gasteiger charge is 2.39. The number of benzene rings is 2. The van der Waals surface area contributed by atoms with Gasteiger partial charge in [0.05, 0.1) is 5.69 Å². The molecule has 2 aromatic carbocycles. The van der Waals surface area contributed by atoms with Crippen LogP contribution < -0.4 is 0 Å². The number of fused-ring (bicyclic) bond motifs is 1. The van der Waals surface area contributed by atoms with E-state index in [1.807, 2.05) is 0 Å². The van der Waals surface area contributed by atoms with Gasteiger partial charge in [0.25, 0.3) is 11.8 Å². The fourth-order valence-electron chi connectivity index (χ4n) is 3.93. The van der Waals surface area contributed by atoms with Gasteiger partial charge in [-0.2, -0.15) is 19.0 Å². The van der Waals surface area contributed by atoms with Crippen LogP contribution in [0.15, 0.2) is 65.2 Å². The topological polar surface area (TPSA) is 105 Å². The van der Waals surface area contributed by atoms with Crippen molar-refractivity contribution in [2.75, 3.05) is 0 Å². The molecule has 172 valence electrons. The van der Waals surface area contributed by atoms with E-state index >= 15 is 0 Å². The van der Waals surface area contributed by atoms with Gasteiger partial charge in [0.1, 0.15) is 12.1 Å². The summed E-state index contributed by atoms with van der Waals surface area (Å²) in [5.41, 5.74) is 2.33. The fourth-order valence-corrected chi connectivity index (χ4v) is 4.05. The van der Waals surface area contributed by atoms with E-state index in [1.165, 1.54) is 17.2 Å². The minimum Gasteiger partial charge on any atom is -0.415 e. The highest BCUT2D eigenvalue weighted by Crippen LogP contribution is 2.39. The number of aromatic nitrogens is 4. The zero-order valence-corrected chi connectivity index (χ0v) is 18.1. The van der Waals surface area contributed by atoms with Crippen LogP contribution in [0.2, 0.25) is 5.02 Å². The van der Waals surface area contributed by atoms with E-state index in [0.717, 1.165) is 0 Å². The van der Waals surface area contributed by atoms with Crippen LogP contribution in [0.4, 0.5) is 8.78 Å². The number of hydrogen-bond donors (Lipinski definition) is 1. The number of rotatable bonds is 6. The monoisotopic (exact) mass is 483 g/mol. The Morgan fingerprint density at radius 3 is 2.53 bits per heavy atom. The maximum atomic E-state index is 13.5. The Hall–Kier alpha value is -3.76. The lowest BCUT2D eigenvalue weighted by Crippen LogP contribution is -2.34. The quantitative estimate of drug-likeness (QED) is 0.429. The van der Waals surface area contributed by atoms with Crippen LogP contribution in [-0.4, -0.2) is 36.3 Å². The Bertz CT molecular complexity index is 1330. The third-order valence-electron chi connectivity index (χ3n) is 5.56. The highest BCUT2D eigenvalue weighted by atomic mass is 35.5. The number of carbonyl (C=O) groups is 1. The molecule has 0 spiro atoms. The summed E-state index contributed by atoms with van der Waals surface area (Å²) >= 11 is 5.98. The minimum absolute atomic E-state index is 0.115. The molecule has 1 aliphatic rings. The summed E-state index contributed by atoms with van der Waals surface area (Å²) in [6.45, 7) is 0.201. The van der Waals surface area contributed by atoms with Crippen molar-refractivity contribution in [1.82, 2.24) is 25.3 Å². The molecule has 11 heteroatoms. The Morgan fingerprint density at radius 1 is 1.06 bits per heavy atom. The van der Waals surface area contributed by atoms with Crippen LogP contribution in [0.5, 0.6) is 0 Å².